The van der Waals surface area contributed by atoms with E-state index in [2.05, 4.69) is 15.3 Å². The van der Waals surface area contributed by atoms with Crippen molar-refractivity contribution in [3.63, 3.8) is 0 Å². The second-order valence-corrected chi connectivity index (χ2v) is 9.49. The van der Waals surface area contributed by atoms with Crippen molar-refractivity contribution in [2.75, 3.05) is 21.3 Å². The molecule has 0 atom stereocenters. The van der Waals surface area contributed by atoms with Gasteiger partial charge in [0.05, 0.1) is 37.9 Å². The molecule has 3 aromatic heterocycles. The summed E-state index contributed by atoms with van der Waals surface area (Å²) < 4.78 is 31.8. The van der Waals surface area contributed by atoms with Crippen LogP contribution >= 0.6 is 0 Å². The third-order valence-corrected chi connectivity index (χ3v) is 6.71. The van der Waals surface area contributed by atoms with Crippen LogP contribution < -0.4 is 25.0 Å². The summed E-state index contributed by atoms with van der Waals surface area (Å²) >= 11 is 0. The molecule has 0 unspecified atom stereocenters. The standard InChI is InChI=1S/C32H27FN4O6/c1-34-31(39)18-37-16-24(19-4-6-20(33)7-5-19)32(40)25(17-37)27(38)12-21-8-9-22(15-36-21)43-28-10-11-35-26-14-30(42-3)29(41-2)13-23(26)28/h4-11,13-17H,12,18H2,1-3H3,(H,34,39). The summed E-state index contributed by atoms with van der Waals surface area (Å²) in [4.78, 5) is 47.5. The Hall–Kier alpha value is -5.58. The van der Waals surface area contributed by atoms with E-state index in [1.165, 1.54) is 54.5 Å². The smallest absolute Gasteiger partial charge is 0.239 e. The van der Waals surface area contributed by atoms with Gasteiger partial charge in [-0.2, -0.15) is 0 Å². The number of aromatic nitrogens is 3. The molecule has 10 nitrogen and oxygen atoms in total. The highest BCUT2D eigenvalue weighted by molar-refractivity contribution is 5.98. The lowest BCUT2D eigenvalue weighted by molar-refractivity contribution is -0.121. The van der Waals surface area contributed by atoms with Crippen LogP contribution in [0.15, 0.2) is 84.2 Å². The summed E-state index contributed by atoms with van der Waals surface area (Å²) in [5.41, 5.74) is 1.01. The Morgan fingerprint density at radius 1 is 0.930 bits per heavy atom. The molecule has 1 amide bonds. The van der Waals surface area contributed by atoms with Crippen molar-refractivity contribution < 1.29 is 28.2 Å². The Kier molecular flexibility index (Phi) is 8.42. The number of nitrogens with zero attached hydrogens (tertiary/aromatic N) is 3. The first-order valence-corrected chi connectivity index (χ1v) is 13.2. The van der Waals surface area contributed by atoms with Gasteiger partial charge in [0.15, 0.2) is 22.7 Å². The average molecular weight is 583 g/mol. The molecule has 0 saturated carbocycles. The van der Waals surface area contributed by atoms with E-state index in [4.69, 9.17) is 14.2 Å². The molecule has 3 heterocycles. The second kappa shape index (κ2) is 12.5. The van der Waals surface area contributed by atoms with Gasteiger partial charge >= 0.3 is 0 Å². The topological polar surface area (TPSA) is 122 Å². The Labute approximate surface area is 245 Å². The van der Waals surface area contributed by atoms with Crippen LogP contribution in [0.2, 0.25) is 0 Å². The number of pyridine rings is 3. The second-order valence-electron chi connectivity index (χ2n) is 9.49. The van der Waals surface area contributed by atoms with Crippen LogP contribution in [0.3, 0.4) is 0 Å². The Balaban J connectivity index is 1.40. The van der Waals surface area contributed by atoms with Crippen LogP contribution in [0, 0.1) is 5.82 Å². The number of hydrogen-bond acceptors (Lipinski definition) is 8. The minimum absolute atomic E-state index is 0.111. The van der Waals surface area contributed by atoms with E-state index in [9.17, 15) is 18.8 Å². The summed E-state index contributed by atoms with van der Waals surface area (Å²) in [5.74, 6) is 0.746. The molecule has 5 aromatic rings. The fourth-order valence-corrected chi connectivity index (χ4v) is 4.50. The van der Waals surface area contributed by atoms with Crippen LogP contribution in [0.1, 0.15) is 16.1 Å². The summed E-state index contributed by atoms with van der Waals surface area (Å²) in [6, 6.07) is 13.9. The lowest BCUT2D eigenvalue weighted by Crippen LogP contribution is -2.27. The van der Waals surface area contributed by atoms with Gasteiger partial charge in [-0.15, -0.1) is 0 Å². The largest absolute Gasteiger partial charge is 0.493 e. The van der Waals surface area contributed by atoms with Gasteiger partial charge < -0.3 is 24.1 Å². The number of benzene rings is 2. The number of methoxy groups -OCH3 is 2. The van der Waals surface area contributed by atoms with Crippen molar-refractivity contribution in [2.24, 2.45) is 0 Å². The lowest BCUT2D eigenvalue weighted by atomic mass is 10.0. The molecular weight excluding hydrogens is 555 g/mol. The number of nitrogens with one attached hydrogen (secondary N) is 1. The third-order valence-electron chi connectivity index (χ3n) is 6.71. The molecule has 43 heavy (non-hydrogen) atoms. The maximum absolute atomic E-state index is 13.5. The molecule has 0 fully saturated rings. The Bertz CT molecular complexity index is 1870. The van der Waals surface area contributed by atoms with Crippen molar-refractivity contribution in [2.45, 2.75) is 13.0 Å². The molecule has 1 N–H and O–H groups in total. The fraction of sp³-hybridized carbons (Fsp3) is 0.156. The highest BCUT2D eigenvalue weighted by Gasteiger charge is 2.18. The summed E-state index contributed by atoms with van der Waals surface area (Å²) in [6.07, 6.45) is 5.75. The van der Waals surface area contributed by atoms with Crippen LogP contribution in [0.4, 0.5) is 4.39 Å². The maximum atomic E-state index is 13.5. The zero-order valence-corrected chi connectivity index (χ0v) is 23.6. The van der Waals surface area contributed by atoms with Crippen molar-refractivity contribution in [1.82, 2.24) is 19.9 Å². The molecule has 0 aliphatic heterocycles. The van der Waals surface area contributed by atoms with Gasteiger partial charge in [-0.25, -0.2) is 4.39 Å². The number of likely N-dealkylation sites (N-methyl/N-ethyl adjacent to an activating group) is 1. The van der Waals surface area contributed by atoms with Crippen molar-refractivity contribution in [3.8, 4) is 34.1 Å². The van der Waals surface area contributed by atoms with Gasteiger partial charge in [0.25, 0.3) is 0 Å². The van der Waals surface area contributed by atoms with Gasteiger partial charge in [-0.05, 0) is 42.0 Å². The number of amides is 1. The lowest BCUT2D eigenvalue weighted by Gasteiger charge is -2.13. The van der Waals surface area contributed by atoms with E-state index in [1.54, 1.807) is 50.7 Å². The highest BCUT2D eigenvalue weighted by atomic mass is 19.1. The summed E-state index contributed by atoms with van der Waals surface area (Å²) in [5, 5.41) is 3.22. The van der Waals surface area contributed by atoms with E-state index >= 15 is 0 Å². The van der Waals surface area contributed by atoms with Crippen molar-refractivity contribution in [1.29, 1.82) is 0 Å². The number of carbonyl (C=O) groups is 2. The van der Waals surface area contributed by atoms with E-state index in [0.29, 0.717) is 45.2 Å². The van der Waals surface area contributed by atoms with Gasteiger partial charge in [-0.3, -0.25) is 24.4 Å². The normalized spacial score (nSPS) is 10.8. The third kappa shape index (κ3) is 6.35. The summed E-state index contributed by atoms with van der Waals surface area (Å²) in [6.45, 7) is -0.113. The van der Waals surface area contributed by atoms with Crippen LogP contribution in [0.25, 0.3) is 22.0 Å². The Morgan fingerprint density at radius 2 is 1.67 bits per heavy atom. The predicted octanol–water partition coefficient (Wildman–Crippen LogP) is 4.58. The number of rotatable bonds is 10. The van der Waals surface area contributed by atoms with Crippen LogP contribution in [-0.4, -0.2) is 47.5 Å². The monoisotopic (exact) mass is 582 g/mol. The van der Waals surface area contributed by atoms with E-state index in [0.717, 1.165) is 0 Å². The molecule has 11 heteroatoms. The SMILES string of the molecule is CNC(=O)Cn1cc(C(=O)Cc2ccc(Oc3ccnc4cc(OC)c(OC)cc34)cn2)c(=O)c(-c2ccc(F)cc2)c1. The number of Topliss-reactive ketones (excluding diaryl/α,β-unsaturated/α-hetero) is 1. The van der Waals surface area contributed by atoms with Gasteiger partial charge in [0.2, 0.25) is 5.91 Å². The zero-order valence-electron chi connectivity index (χ0n) is 23.6. The van der Waals surface area contributed by atoms with Gasteiger partial charge in [0.1, 0.15) is 23.9 Å². The van der Waals surface area contributed by atoms with E-state index in [1.807, 2.05) is 0 Å². The zero-order chi connectivity index (χ0) is 30.5. The molecule has 0 bridgehead atoms. The van der Waals surface area contributed by atoms with Crippen LogP contribution in [-0.2, 0) is 17.8 Å². The first-order valence-electron chi connectivity index (χ1n) is 13.2. The molecule has 2 aromatic carbocycles. The highest BCUT2D eigenvalue weighted by Crippen LogP contribution is 2.36. The number of carbonyl (C=O) groups excluding carboxylic acids is 2. The molecule has 0 aliphatic carbocycles. The molecule has 0 radical (unpaired) electrons. The number of halogens is 1. The van der Waals surface area contributed by atoms with E-state index in [-0.39, 0.29) is 30.0 Å². The first-order chi connectivity index (χ1) is 20.8. The minimum atomic E-state index is -0.527. The average Bonchev–Trinajstić information content (AvgIpc) is 3.02. The molecule has 5 rings (SSSR count). The van der Waals surface area contributed by atoms with E-state index < -0.39 is 17.0 Å². The van der Waals surface area contributed by atoms with Crippen molar-refractivity contribution in [3.05, 3.63) is 107 Å². The number of ether oxygens (including phenoxy) is 3. The fourth-order valence-electron chi connectivity index (χ4n) is 4.50. The molecule has 218 valence electrons. The van der Waals surface area contributed by atoms with Gasteiger partial charge in [-0.1, -0.05) is 12.1 Å². The van der Waals surface area contributed by atoms with Gasteiger partial charge in [0, 0.05) is 48.3 Å². The summed E-state index contributed by atoms with van der Waals surface area (Å²) in [7, 11) is 4.58. The molecule has 0 saturated heterocycles. The van der Waals surface area contributed by atoms with Crippen LogP contribution in [0.5, 0.6) is 23.0 Å². The minimum Gasteiger partial charge on any atom is -0.493 e. The molecular formula is C32H27FN4O6. The molecule has 0 spiro atoms. The quantitative estimate of drug-likeness (QED) is 0.238. The maximum Gasteiger partial charge on any atom is 0.239 e. The number of fused-ring (bicyclic) bond motifs is 1. The Morgan fingerprint density at radius 3 is 2.35 bits per heavy atom. The molecule has 0 aliphatic rings. The van der Waals surface area contributed by atoms with Crippen molar-refractivity contribution >= 4 is 22.6 Å². The first kappa shape index (κ1) is 28.9. The predicted molar refractivity (Wildman–Crippen MR) is 157 cm³/mol. The number of ketones is 1. The number of hydrogen-bond donors (Lipinski definition) is 1.